The molecule has 0 N–H and O–H groups in total. The number of hydrogen-bond donors (Lipinski definition) is 0. The second-order valence-corrected chi connectivity index (χ2v) is 11.3. The zero-order valence-corrected chi connectivity index (χ0v) is 27.5. The fraction of sp³-hybridized carbons (Fsp3) is 0.923. The first-order valence-corrected chi connectivity index (χ1v) is 18.6. The molecule has 4 nitrogen and oxygen atoms in total. The fourth-order valence-electron chi connectivity index (χ4n) is 3.16. The zero-order valence-electron chi connectivity index (χ0n) is 21.8. The molecule has 184 valence electrons. The Balaban J connectivity index is -0.000000212. The molecule has 6 heteroatoms. The molecule has 0 aliphatic heterocycles. The minimum absolute atomic E-state index is 0. The molecule has 0 aliphatic rings. The first kappa shape index (κ1) is 39.7. The Kier molecular flexibility index (Phi) is 48.2. The van der Waals surface area contributed by atoms with Crippen LogP contribution in [0.2, 0.25) is 9.88 Å². The Morgan fingerprint density at radius 3 is 0.875 bits per heavy atom. The summed E-state index contributed by atoms with van der Waals surface area (Å²) in [5.41, 5.74) is 0. The van der Waals surface area contributed by atoms with Crippen molar-refractivity contribution in [3.05, 3.63) is 0 Å². The summed E-state index contributed by atoms with van der Waals surface area (Å²) in [4.78, 5) is 24.8. The van der Waals surface area contributed by atoms with E-state index in [4.69, 9.17) is 0 Å². The standard InChI is InChI=1S/2C12H24O2.2CH3.2Sn/c2*1-2-3-4-5-6-7-8-9-10-11-12(13)14;;;;/h2*2-11H2,1H3,(H,13,14);2*1H3;;/q;;;;+2;+4/p-2. The normalized spacial score (nSPS) is 9.38. The van der Waals surface area contributed by atoms with E-state index in [1.165, 1.54) is 89.9 Å². The molecule has 0 radical (unpaired) electrons. The number of carbonyl (C=O) groups is 2. The van der Waals surface area contributed by atoms with Gasteiger partial charge in [-0.2, -0.15) is 0 Å². The molecule has 0 fully saturated rings. The van der Waals surface area contributed by atoms with Crippen LogP contribution in [-0.4, -0.2) is 57.0 Å². The third kappa shape index (κ3) is 52.5. The van der Waals surface area contributed by atoms with E-state index in [-0.39, 0.29) is 57.9 Å². The quantitative estimate of drug-likeness (QED) is 0.123. The predicted molar refractivity (Wildman–Crippen MR) is 137 cm³/mol. The Labute approximate surface area is 227 Å². The molecular weight excluding hydrogens is 614 g/mol. The largest absolute Gasteiger partial charge is 4.00 e. The fourth-order valence-corrected chi connectivity index (χ4v) is 3.16. The molecule has 32 heavy (non-hydrogen) atoms. The number of carboxylic acids is 2. The van der Waals surface area contributed by atoms with Crippen molar-refractivity contribution in [2.45, 2.75) is 152 Å². The average molecular weight is 666 g/mol. The molecule has 0 unspecified atom stereocenters. The number of unbranched alkanes of at least 4 members (excludes halogenated alkanes) is 16. The number of rotatable bonds is 20. The molecule has 0 aromatic carbocycles. The molecule has 0 atom stereocenters. The molecule has 0 amide bonds. The van der Waals surface area contributed by atoms with E-state index in [2.05, 4.69) is 23.7 Å². The van der Waals surface area contributed by atoms with Crippen molar-refractivity contribution in [2.24, 2.45) is 0 Å². The maximum atomic E-state index is 10.1. The summed E-state index contributed by atoms with van der Waals surface area (Å²) in [5.74, 6) is -1.82. The van der Waals surface area contributed by atoms with E-state index in [0.717, 1.165) is 25.7 Å². The Morgan fingerprint density at radius 1 is 0.500 bits per heavy atom. The van der Waals surface area contributed by atoms with Gasteiger partial charge in [-0.05, 0) is 25.7 Å². The Bertz CT molecular complexity index is 321. The second-order valence-electron chi connectivity index (χ2n) is 8.40. The van der Waals surface area contributed by atoms with Crippen molar-refractivity contribution in [3.63, 3.8) is 0 Å². The predicted octanol–water partition coefficient (Wildman–Crippen LogP) is 5.72. The van der Waals surface area contributed by atoms with Crippen molar-refractivity contribution >= 4 is 57.0 Å². The first-order chi connectivity index (χ1) is 15.0. The molecule has 0 aromatic heterocycles. The van der Waals surface area contributed by atoms with Gasteiger partial charge in [-0.3, -0.25) is 0 Å². The summed E-state index contributed by atoms with van der Waals surface area (Å²) < 4.78 is 0. The van der Waals surface area contributed by atoms with Crippen LogP contribution in [0, 0.1) is 0 Å². The number of carbonyl (C=O) groups excluding carboxylic acids is 2. The molecule has 0 bridgehead atoms. The van der Waals surface area contributed by atoms with Gasteiger partial charge in [0.2, 0.25) is 0 Å². The van der Waals surface area contributed by atoms with Gasteiger partial charge in [-0.15, -0.1) is 0 Å². The van der Waals surface area contributed by atoms with Crippen LogP contribution >= 0.6 is 0 Å². The molecule has 0 rings (SSSR count). The summed E-state index contributed by atoms with van der Waals surface area (Å²) >= 11 is 0.230. The molecule has 0 saturated carbocycles. The van der Waals surface area contributed by atoms with Gasteiger partial charge in [-0.1, -0.05) is 117 Å². The Morgan fingerprint density at radius 2 is 0.688 bits per heavy atom. The zero-order chi connectivity index (χ0) is 24.0. The van der Waals surface area contributed by atoms with Gasteiger partial charge in [-0.25, -0.2) is 0 Å². The smallest absolute Gasteiger partial charge is 4.00 e. The SMILES string of the molecule is CCCCCCCCCCCC(=O)[O-].CCCCCCCCCCCC(=O)[O-].[CH3][Sn+2][CH3].[Sn+4]. The van der Waals surface area contributed by atoms with Gasteiger partial charge < -0.3 is 19.8 Å². The van der Waals surface area contributed by atoms with Crippen molar-refractivity contribution in [1.82, 2.24) is 0 Å². The van der Waals surface area contributed by atoms with Crippen LogP contribution in [0.25, 0.3) is 0 Å². The van der Waals surface area contributed by atoms with Crippen molar-refractivity contribution in [1.29, 1.82) is 0 Å². The summed E-state index contributed by atoms with van der Waals surface area (Å²) in [6, 6.07) is 0. The van der Waals surface area contributed by atoms with Gasteiger partial charge in [0.25, 0.3) is 0 Å². The topological polar surface area (TPSA) is 80.3 Å². The van der Waals surface area contributed by atoms with Crippen molar-refractivity contribution in [2.75, 3.05) is 0 Å². The van der Waals surface area contributed by atoms with Crippen LogP contribution in [0.3, 0.4) is 0 Å². The van der Waals surface area contributed by atoms with Crippen molar-refractivity contribution < 1.29 is 19.8 Å². The molecule has 0 saturated heterocycles. The monoisotopic (exact) mass is 668 g/mol. The van der Waals surface area contributed by atoms with Gasteiger partial charge in [0.1, 0.15) is 0 Å². The minimum atomic E-state index is -0.909. The van der Waals surface area contributed by atoms with E-state index < -0.39 is 11.9 Å². The van der Waals surface area contributed by atoms with E-state index in [1.807, 2.05) is 0 Å². The Hall–Kier alpha value is 0.537. The number of aliphatic carboxylic acids is 2. The minimum Gasteiger partial charge on any atom is 4.00 e. The summed E-state index contributed by atoms with van der Waals surface area (Å²) in [7, 11) is 0. The van der Waals surface area contributed by atoms with Crippen LogP contribution in [0.5, 0.6) is 0 Å². The molecular formula is C26H52O4Sn2+4. The van der Waals surface area contributed by atoms with E-state index in [0.29, 0.717) is 0 Å². The molecule has 0 aromatic rings. The average Bonchev–Trinajstić information content (AvgIpc) is 2.72. The van der Waals surface area contributed by atoms with Gasteiger partial charge in [0.15, 0.2) is 0 Å². The molecule has 0 aliphatic carbocycles. The summed E-state index contributed by atoms with van der Waals surface area (Å²) in [6.07, 6.45) is 22.3. The first-order valence-electron chi connectivity index (χ1n) is 12.9. The summed E-state index contributed by atoms with van der Waals surface area (Å²) in [6.45, 7) is 4.44. The van der Waals surface area contributed by atoms with Crippen LogP contribution in [0.15, 0.2) is 0 Å². The van der Waals surface area contributed by atoms with Crippen LogP contribution in [-0.2, 0) is 9.59 Å². The number of hydrogen-bond acceptors (Lipinski definition) is 4. The van der Waals surface area contributed by atoms with Crippen LogP contribution in [0.1, 0.15) is 142 Å². The second kappa shape index (κ2) is 38.8. The summed E-state index contributed by atoms with van der Waals surface area (Å²) in [5, 5.41) is 20.2. The van der Waals surface area contributed by atoms with Crippen molar-refractivity contribution in [3.8, 4) is 0 Å². The van der Waals surface area contributed by atoms with E-state index in [9.17, 15) is 19.8 Å². The third-order valence-corrected chi connectivity index (χ3v) is 4.97. The van der Waals surface area contributed by atoms with Gasteiger partial charge in [0.05, 0.1) is 0 Å². The third-order valence-electron chi connectivity index (χ3n) is 4.97. The van der Waals surface area contributed by atoms with Crippen LogP contribution < -0.4 is 10.2 Å². The van der Waals surface area contributed by atoms with Gasteiger partial charge in [0, 0.05) is 11.9 Å². The van der Waals surface area contributed by atoms with E-state index in [1.54, 1.807) is 0 Å². The maximum Gasteiger partial charge on any atom is 4.00 e. The van der Waals surface area contributed by atoms with Crippen LogP contribution in [0.4, 0.5) is 0 Å². The van der Waals surface area contributed by atoms with Gasteiger partial charge >= 0.3 is 54.9 Å². The molecule has 0 spiro atoms. The maximum absolute atomic E-state index is 10.1. The van der Waals surface area contributed by atoms with E-state index >= 15 is 0 Å². The molecule has 0 heterocycles. The number of carboxylic acid groups (broad SMARTS) is 2.